The van der Waals surface area contributed by atoms with Crippen molar-refractivity contribution >= 4 is 5.97 Å². The van der Waals surface area contributed by atoms with Crippen molar-refractivity contribution < 1.29 is 19.4 Å². The molecular formula is C34H51N7O4. The zero-order valence-corrected chi connectivity index (χ0v) is 27.2. The minimum Gasteiger partial charge on any atom is -0.493 e. The van der Waals surface area contributed by atoms with E-state index in [1.54, 1.807) is 12.3 Å². The van der Waals surface area contributed by atoms with Crippen LogP contribution in [0.15, 0.2) is 43.0 Å². The number of aryl methyl sites for hydroxylation is 1. The van der Waals surface area contributed by atoms with Gasteiger partial charge in [0.25, 0.3) is 0 Å². The van der Waals surface area contributed by atoms with Crippen molar-refractivity contribution in [1.29, 1.82) is 0 Å². The summed E-state index contributed by atoms with van der Waals surface area (Å²) in [6.07, 6.45) is 15.9. The van der Waals surface area contributed by atoms with Crippen LogP contribution in [0.4, 0.5) is 0 Å². The summed E-state index contributed by atoms with van der Waals surface area (Å²) in [5, 5.41) is 12.6. The molecule has 3 N–H and O–H groups in total. The van der Waals surface area contributed by atoms with Gasteiger partial charge in [-0.1, -0.05) is 19.9 Å². The molecule has 11 heteroatoms. The van der Waals surface area contributed by atoms with Gasteiger partial charge >= 0.3 is 5.97 Å². The zero-order chi connectivity index (χ0) is 31.6. The number of hydrogen-bond acceptors (Lipinski definition) is 8. The van der Waals surface area contributed by atoms with Gasteiger partial charge in [0.05, 0.1) is 13.2 Å². The second kappa shape index (κ2) is 15.7. The molecule has 0 saturated carbocycles. The van der Waals surface area contributed by atoms with E-state index in [1.807, 2.05) is 24.5 Å². The number of likely N-dealkylation sites (tertiary alicyclic amines) is 2. The molecule has 5 rings (SSSR count). The van der Waals surface area contributed by atoms with Crippen molar-refractivity contribution in [2.45, 2.75) is 84.0 Å². The van der Waals surface area contributed by atoms with Crippen LogP contribution in [-0.4, -0.2) is 92.9 Å². The fraction of sp³-hybridized carbons (Fsp3) is 0.618. The predicted octanol–water partition coefficient (Wildman–Crippen LogP) is 4.52. The fourth-order valence-corrected chi connectivity index (χ4v) is 7.23. The molecule has 2 aromatic heterocycles. The maximum absolute atomic E-state index is 11.0. The lowest BCUT2D eigenvalue weighted by molar-refractivity contribution is -0.139. The van der Waals surface area contributed by atoms with Gasteiger partial charge in [-0.15, -0.1) is 0 Å². The molecule has 2 fully saturated rings. The molecule has 2 saturated heterocycles. The van der Waals surface area contributed by atoms with Gasteiger partial charge in [0.2, 0.25) is 0 Å². The number of H-pyrrole nitrogens is 1. The van der Waals surface area contributed by atoms with E-state index < -0.39 is 12.6 Å². The summed E-state index contributed by atoms with van der Waals surface area (Å²) >= 11 is 0. The van der Waals surface area contributed by atoms with Crippen molar-refractivity contribution in [3.05, 3.63) is 60.2 Å². The summed E-state index contributed by atoms with van der Waals surface area (Å²) in [4.78, 5) is 29.0. The van der Waals surface area contributed by atoms with Gasteiger partial charge < -0.3 is 39.2 Å². The van der Waals surface area contributed by atoms with Crippen LogP contribution in [0.5, 0.6) is 11.5 Å². The lowest BCUT2D eigenvalue weighted by Crippen LogP contribution is -2.45. The predicted molar refractivity (Wildman–Crippen MR) is 174 cm³/mol. The lowest BCUT2D eigenvalue weighted by Gasteiger charge is -2.42. The maximum atomic E-state index is 11.0. The SMILES string of the molecule is CCC(CC)N1CCC2(CCN(CCCn3ccnc3CC(NCc3ccc(OC)c(OCC(=O)O)c3)c3ncc[nH]3)C2)CC1. The highest BCUT2D eigenvalue weighted by molar-refractivity contribution is 5.68. The van der Waals surface area contributed by atoms with E-state index in [-0.39, 0.29) is 6.04 Å². The van der Waals surface area contributed by atoms with E-state index in [0.29, 0.717) is 29.9 Å². The summed E-state index contributed by atoms with van der Waals surface area (Å²) in [5.74, 6) is 1.73. The van der Waals surface area contributed by atoms with Gasteiger partial charge in [-0.2, -0.15) is 0 Å². The number of imidazole rings is 2. The van der Waals surface area contributed by atoms with Crippen LogP contribution in [0.2, 0.25) is 0 Å². The third kappa shape index (κ3) is 8.65. The van der Waals surface area contributed by atoms with E-state index in [4.69, 9.17) is 19.6 Å². The number of benzene rings is 1. The Morgan fingerprint density at radius 3 is 2.60 bits per heavy atom. The van der Waals surface area contributed by atoms with Gasteiger partial charge in [0, 0.05) is 56.9 Å². The molecule has 3 aromatic rings. The number of aliphatic carboxylic acids is 1. The smallest absolute Gasteiger partial charge is 0.341 e. The summed E-state index contributed by atoms with van der Waals surface area (Å²) in [6.45, 7) is 11.8. The summed E-state index contributed by atoms with van der Waals surface area (Å²) in [5.41, 5.74) is 1.47. The Morgan fingerprint density at radius 1 is 1.09 bits per heavy atom. The Hall–Kier alpha value is -3.41. The molecule has 1 unspecified atom stereocenters. The Morgan fingerprint density at radius 2 is 1.89 bits per heavy atom. The first kappa shape index (κ1) is 33.0. The van der Waals surface area contributed by atoms with Crippen LogP contribution in [0, 0.1) is 5.41 Å². The van der Waals surface area contributed by atoms with E-state index in [0.717, 1.165) is 42.8 Å². The molecule has 45 heavy (non-hydrogen) atoms. The zero-order valence-electron chi connectivity index (χ0n) is 27.2. The summed E-state index contributed by atoms with van der Waals surface area (Å²) in [7, 11) is 1.54. The number of nitrogens with zero attached hydrogens (tertiary/aromatic N) is 5. The van der Waals surface area contributed by atoms with Crippen LogP contribution in [0.1, 0.15) is 75.6 Å². The van der Waals surface area contributed by atoms with Crippen LogP contribution < -0.4 is 14.8 Å². The monoisotopic (exact) mass is 621 g/mol. The molecule has 246 valence electrons. The number of rotatable bonds is 17. The summed E-state index contributed by atoms with van der Waals surface area (Å²) < 4.78 is 13.1. The second-order valence-electron chi connectivity index (χ2n) is 12.7. The molecule has 1 aromatic carbocycles. The molecule has 11 nitrogen and oxygen atoms in total. The van der Waals surface area contributed by atoms with Crippen LogP contribution in [-0.2, 0) is 24.3 Å². The van der Waals surface area contributed by atoms with Gasteiger partial charge in [-0.25, -0.2) is 14.8 Å². The van der Waals surface area contributed by atoms with Gasteiger partial charge in [-0.3, -0.25) is 0 Å². The van der Waals surface area contributed by atoms with E-state index in [1.165, 1.54) is 65.4 Å². The maximum Gasteiger partial charge on any atom is 0.341 e. The molecule has 1 spiro atoms. The molecule has 1 atom stereocenters. The number of carboxylic acid groups (broad SMARTS) is 1. The first-order valence-corrected chi connectivity index (χ1v) is 16.6. The molecule has 0 aliphatic carbocycles. The number of aromatic nitrogens is 4. The molecule has 0 bridgehead atoms. The summed E-state index contributed by atoms with van der Waals surface area (Å²) in [6, 6.07) is 6.22. The average Bonchev–Trinajstić information content (AvgIpc) is 3.82. The highest BCUT2D eigenvalue weighted by Crippen LogP contribution is 2.41. The largest absolute Gasteiger partial charge is 0.493 e. The molecule has 0 amide bonds. The average molecular weight is 622 g/mol. The van der Waals surface area contributed by atoms with E-state index in [9.17, 15) is 4.79 Å². The van der Waals surface area contributed by atoms with Crippen LogP contribution in [0.3, 0.4) is 0 Å². The third-order valence-corrected chi connectivity index (χ3v) is 9.88. The van der Waals surface area contributed by atoms with E-state index in [2.05, 4.69) is 49.7 Å². The number of carbonyl (C=O) groups is 1. The molecule has 2 aliphatic rings. The highest BCUT2D eigenvalue weighted by atomic mass is 16.5. The topological polar surface area (TPSA) is 121 Å². The fourth-order valence-electron chi connectivity index (χ4n) is 7.23. The van der Waals surface area contributed by atoms with E-state index >= 15 is 0 Å². The van der Waals surface area contributed by atoms with Crippen molar-refractivity contribution in [2.24, 2.45) is 5.41 Å². The number of aromatic amines is 1. The van der Waals surface area contributed by atoms with Gasteiger partial charge in [-0.05, 0) is 87.8 Å². The van der Waals surface area contributed by atoms with Crippen molar-refractivity contribution in [3.63, 3.8) is 0 Å². The minimum absolute atomic E-state index is 0.0871. The quantitative estimate of drug-likeness (QED) is 0.200. The van der Waals surface area contributed by atoms with Crippen LogP contribution >= 0.6 is 0 Å². The van der Waals surface area contributed by atoms with Crippen LogP contribution in [0.25, 0.3) is 0 Å². The Balaban J connectivity index is 1.13. The van der Waals surface area contributed by atoms with Gasteiger partial charge in [0.1, 0.15) is 11.6 Å². The van der Waals surface area contributed by atoms with Crippen molar-refractivity contribution in [3.8, 4) is 11.5 Å². The highest BCUT2D eigenvalue weighted by Gasteiger charge is 2.40. The Kier molecular flexibility index (Phi) is 11.5. The number of nitrogens with one attached hydrogen (secondary N) is 2. The van der Waals surface area contributed by atoms with Gasteiger partial charge in [0.15, 0.2) is 18.1 Å². The van der Waals surface area contributed by atoms with Crippen molar-refractivity contribution in [2.75, 3.05) is 46.4 Å². The number of methoxy groups -OCH3 is 1. The second-order valence-corrected chi connectivity index (χ2v) is 12.7. The Bertz CT molecular complexity index is 1330. The minimum atomic E-state index is -1.04. The molecule has 2 aliphatic heterocycles. The Labute approximate surface area is 267 Å². The normalized spacial score (nSPS) is 17.7. The third-order valence-electron chi connectivity index (χ3n) is 9.88. The first-order valence-electron chi connectivity index (χ1n) is 16.6. The lowest BCUT2D eigenvalue weighted by atomic mass is 9.77. The molecule has 4 heterocycles. The van der Waals surface area contributed by atoms with Crippen molar-refractivity contribution in [1.82, 2.24) is 34.6 Å². The standard InChI is InChI=1S/C34H51N7O4/c1-4-27(5-2)40-18-10-34(11-19-40)9-17-39(25-34)15-6-16-41-20-14-35-31(41)22-28(33-36-12-13-37-33)38-23-26-7-8-29(44-3)30(21-26)45-24-32(42)43/h7-8,12-14,20-21,27-28,38H,4-6,9-11,15-19,22-25H2,1-3H3,(H,36,37)(H,42,43). The number of ether oxygens (including phenoxy) is 2. The number of carboxylic acids is 1. The molecular weight excluding hydrogens is 570 g/mol. The number of piperidine rings is 1. The number of hydrogen-bond donors (Lipinski definition) is 3. The molecule has 0 radical (unpaired) electrons. The first-order chi connectivity index (χ1) is 21.9.